The van der Waals surface area contributed by atoms with E-state index in [0.717, 1.165) is 5.01 Å². The lowest BCUT2D eigenvalue weighted by molar-refractivity contribution is 1.30. The van der Waals surface area contributed by atoms with E-state index in [1.54, 1.807) is 22.7 Å². The Bertz CT molecular complexity index is 335. The molecule has 1 nitrogen and oxygen atoms in total. The lowest BCUT2D eigenvalue weighted by atomic mass is 10.4. The first-order valence-corrected chi connectivity index (χ1v) is 5.02. The Balaban J connectivity index is 2.45. The Labute approximate surface area is 73.4 Å². The van der Waals surface area contributed by atoms with E-state index in [-0.39, 0.29) is 0 Å². The first-order valence-electron chi connectivity index (χ1n) is 3.32. The molecule has 0 N–H and O–H groups in total. The molecule has 2 aromatic heterocycles. The highest BCUT2D eigenvalue weighted by Crippen LogP contribution is 2.29. The molecule has 0 saturated carbocycles. The number of hydrogen-bond acceptors (Lipinski definition) is 3. The molecular weight excluding hydrogens is 174 g/mol. The van der Waals surface area contributed by atoms with Crippen LogP contribution in [0.15, 0.2) is 23.7 Å². The fourth-order valence-electron chi connectivity index (χ4n) is 0.894. The Kier molecular flexibility index (Phi) is 1.75. The molecule has 2 rings (SSSR count). The molecule has 0 aromatic carbocycles. The molecule has 3 heteroatoms. The smallest absolute Gasteiger partial charge is 0.0900 e. The van der Waals surface area contributed by atoms with Gasteiger partial charge in [0.2, 0.25) is 0 Å². The zero-order chi connectivity index (χ0) is 7.68. The Morgan fingerprint density at radius 3 is 2.82 bits per heavy atom. The van der Waals surface area contributed by atoms with E-state index in [2.05, 4.69) is 22.5 Å². The SMILES string of the molecule is Cc1ncc(-c2cccs2)s1. The van der Waals surface area contributed by atoms with Gasteiger partial charge in [0.15, 0.2) is 0 Å². The molecule has 0 aliphatic heterocycles. The summed E-state index contributed by atoms with van der Waals surface area (Å²) in [7, 11) is 0. The van der Waals surface area contributed by atoms with Gasteiger partial charge >= 0.3 is 0 Å². The summed E-state index contributed by atoms with van der Waals surface area (Å²) in [4.78, 5) is 6.79. The van der Waals surface area contributed by atoms with Crippen LogP contribution in [-0.4, -0.2) is 4.98 Å². The summed E-state index contributed by atoms with van der Waals surface area (Å²) >= 11 is 3.50. The van der Waals surface area contributed by atoms with Crippen LogP contribution >= 0.6 is 22.7 Å². The predicted molar refractivity (Wildman–Crippen MR) is 50.2 cm³/mol. The maximum Gasteiger partial charge on any atom is 0.0900 e. The van der Waals surface area contributed by atoms with Crippen LogP contribution in [-0.2, 0) is 0 Å². The van der Waals surface area contributed by atoms with Gasteiger partial charge in [-0.25, -0.2) is 4.98 Å². The summed E-state index contributed by atoms with van der Waals surface area (Å²) in [5, 5.41) is 3.22. The number of thiazole rings is 1. The van der Waals surface area contributed by atoms with Crippen LogP contribution < -0.4 is 0 Å². The highest BCUT2D eigenvalue weighted by molar-refractivity contribution is 7.21. The largest absolute Gasteiger partial charge is 0.249 e. The number of aryl methyl sites for hydroxylation is 1. The van der Waals surface area contributed by atoms with Gasteiger partial charge in [-0.1, -0.05) is 6.07 Å². The van der Waals surface area contributed by atoms with Crippen LogP contribution in [0.5, 0.6) is 0 Å². The molecule has 0 radical (unpaired) electrons. The third kappa shape index (κ3) is 1.34. The van der Waals surface area contributed by atoms with E-state index >= 15 is 0 Å². The van der Waals surface area contributed by atoms with E-state index in [9.17, 15) is 0 Å². The minimum absolute atomic E-state index is 1.13. The standard InChI is InChI=1S/C8H7NS2/c1-6-9-5-8(11-6)7-3-2-4-10-7/h2-5H,1H3. The second-order valence-electron chi connectivity index (χ2n) is 2.22. The maximum absolute atomic E-state index is 4.20. The summed E-state index contributed by atoms with van der Waals surface area (Å²) in [5.41, 5.74) is 0. The second-order valence-corrected chi connectivity index (χ2v) is 4.40. The summed E-state index contributed by atoms with van der Waals surface area (Å²) in [6, 6.07) is 4.19. The van der Waals surface area contributed by atoms with Gasteiger partial charge in [-0.3, -0.25) is 0 Å². The Hall–Kier alpha value is -0.670. The zero-order valence-corrected chi connectivity index (χ0v) is 7.71. The first kappa shape index (κ1) is 7.00. The average Bonchev–Trinajstić information content (AvgIpc) is 2.55. The molecule has 2 aromatic rings. The predicted octanol–water partition coefficient (Wildman–Crippen LogP) is 3.18. The molecule has 56 valence electrons. The summed E-state index contributed by atoms with van der Waals surface area (Å²) < 4.78 is 0. The van der Waals surface area contributed by atoms with Crippen molar-refractivity contribution >= 4 is 22.7 Å². The molecule has 11 heavy (non-hydrogen) atoms. The number of aromatic nitrogens is 1. The van der Waals surface area contributed by atoms with E-state index in [1.165, 1.54) is 9.75 Å². The highest BCUT2D eigenvalue weighted by Gasteiger charge is 2.00. The molecule has 0 atom stereocenters. The van der Waals surface area contributed by atoms with Gasteiger partial charge in [0.05, 0.1) is 9.88 Å². The summed E-state index contributed by atoms with van der Waals surface area (Å²) in [6.45, 7) is 2.03. The van der Waals surface area contributed by atoms with E-state index in [4.69, 9.17) is 0 Å². The molecule has 0 bridgehead atoms. The third-order valence-corrected chi connectivity index (χ3v) is 3.36. The fraction of sp³-hybridized carbons (Fsp3) is 0.125. The minimum atomic E-state index is 1.13. The molecule has 0 aliphatic carbocycles. The van der Waals surface area contributed by atoms with Crippen LogP contribution in [0.3, 0.4) is 0 Å². The van der Waals surface area contributed by atoms with Gasteiger partial charge in [-0.2, -0.15) is 0 Å². The molecule has 0 fully saturated rings. The number of nitrogens with zero attached hydrogens (tertiary/aromatic N) is 1. The molecule has 0 aliphatic rings. The van der Waals surface area contributed by atoms with E-state index < -0.39 is 0 Å². The summed E-state index contributed by atoms with van der Waals surface area (Å²) in [6.07, 6.45) is 1.94. The Morgan fingerprint density at radius 1 is 1.36 bits per heavy atom. The van der Waals surface area contributed by atoms with Crippen LogP contribution in [0.4, 0.5) is 0 Å². The monoisotopic (exact) mass is 181 g/mol. The topological polar surface area (TPSA) is 12.9 Å². The molecule has 0 spiro atoms. The van der Waals surface area contributed by atoms with Crippen molar-refractivity contribution in [2.75, 3.05) is 0 Å². The van der Waals surface area contributed by atoms with Crippen LogP contribution in [0.1, 0.15) is 5.01 Å². The van der Waals surface area contributed by atoms with Crippen LogP contribution in [0, 0.1) is 6.92 Å². The molecule has 2 heterocycles. The normalized spacial score (nSPS) is 10.3. The molecule has 0 unspecified atom stereocenters. The lowest BCUT2D eigenvalue weighted by Gasteiger charge is -1.84. The fourth-order valence-corrected chi connectivity index (χ4v) is 2.49. The van der Waals surface area contributed by atoms with Gasteiger partial charge in [0.25, 0.3) is 0 Å². The van der Waals surface area contributed by atoms with Crippen molar-refractivity contribution in [3.05, 3.63) is 28.7 Å². The minimum Gasteiger partial charge on any atom is -0.249 e. The first-order chi connectivity index (χ1) is 5.36. The van der Waals surface area contributed by atoms with Crippen molar-refractivity contribution in [2.24, 2.45) is 0 Å². The zero-order valence-electron chi connectivity index (χ0n) is 6.07. The van der Waals surface area contributed by atoms with Gasteiger partial charge < -0.3 is 0 Å². The molecule has 0 amide bonds. The van der Waals surface area contributed by atoms with Gasteiger partial charge in [0.1, 0.15) is 0 Å². The van der Waals surface area contributed by atoms with Gasteiger partial charge in [0, 0.05) is 11.1 Å². The maximum atomic E-state index is 4.20. The van der Waals surface area contributed by atoms with Crippen molar-refractivity contribution in [3.8, 4) is 9.75 Å². The highest BCUT2D eigenvalue weighted by atomic mass is 32.1. The lowest BCUT2D eigenvalue weighted by Crippen LogP contribution is -1.58. The van der Waals surface area contributed by atoms with Crippen LogP contribution in [0.2, 0.25) is 0 Å². The average molecular weight is 181 g/mol. The third-order valence-electron chi connectivity index (χ3n) is 1.39. The van der Waals surface area contributed by atoms with Crippen molar-refractivity contribution in [2.45, 2.75) is 6.92 Å². The number of hydrogen-bond donors (Lipinski definition) is 0. The number of thiophene rings is 1. The van der Waals surface area contributed by atoms with Crippen molar-refractivity contribution in [1.29, 1.82) is 0 Å². The van der Waals surface area contributed by atoms with E-state index in [1.807, 2.05) is 13.1 Å². The van der Waals surface area contributed by atoms with Crippen molar-refractivity contribution < 1.29 is 0 Å². The van der Waals surface area contributed by atoms with Crippen molar-refractivity contribution in [1.82, 2.24) is 4.98 Å². The summed E-state index contributed by atoms with van der Waals surface area (Å²) in [5.74, 6) is 0. The molecule has 0 saturated heterocycles. The Morgan fingerprint density at radius 2 is 2.27 bits per heavy atom. The van der Waals surface area contributed by atoms with Crippen LogP contribution in [0.25, 0.3) is 9.75 Å². The number of rotatable bonds is 1. The van der Waals surface area contributed by atoms with Gasteiger partial charge in [-0.05, 0) is 18.4 Å². The second kappa shape index (κ2) is 2.75. The quantitative estimate of drug-likeness (QED) is 0.658. The van der Waals surface area contributed by atoms with E-state index in [0.29, 0.717) is 0 Å². The van der Waals surface area contributed by atoms with Crippen molar-refractivity contribution in [3.63, 3.8) is 0 Å². The molecular formula is C8H7NS2. The van der Waals surface area contributed by atoms with Gasteiger partial charge in [-0.15, -0.1) is 22.7 Å².